The smallest absolute Gasteiger partial charge is 0.239 e. The minimum atomic E-state index is -0.965. The number of carbonyl (C=O) groups excluding carboxylic acids is 1. The maximum atomic E-state index is 11.8. The largest absolute Gasteiger partial charge is 0.489 e. The summed E-state index contributed by atoms with van der Waals surface area (Å²) < 4.78 is 12.2. The number of aliphatic imine (C=N–C) groups is 2. The quantitative estimate of drug-likeness (QED) is 0.297. The summed E-state index contributed by atoms with van der Waals surface area (Å²) in [6, 6.07) is 23.1. The topological polar surface area (TPSA) is 84.3 Å². The molecule has 7 nitrogen and oxygen atoms in total. The van der Waals surface area contributed by atoms with Gasteiger partial charge in [-0.25, -0.2) is 4.99 Å². The molecule has 1 aliphatic rings. The van der Waals surface area contributed by atoms with E-state index >= 15 is 0 Å². The SMILES string of the molecule is C=NC1(C)N=CNC(Oc2ccc(C)c(NC(=O)CCl)c2)=C1c1ccc(OCc2ccccc2)cc1. The van der Waals surface area contributed by atoms with E-state index in [9.17, 15) is 4.79 Å². The average Bonchev–Trinajstić information content (AvgIpc) is 2.90. The van der Waals surface area contributed by atoms with E-state index < -0.39 is 5.66 Å². The molecule has 1 atom stereocenters. The number of ether oxygens (including phenoxy) is 2. The van der Waals surface area contributed by atoms with Crippen molar-refractivity contribution in [3.05, 3.63) is 95.4 Å². The van der Waals surface area contributed by atoms with Crippen LogP contribution in [0, 0.1) is 6.92 Å². The highest BCUT2D eigenvalue weighted by Crippen LogP contribution is 2.37. The van der Waals surface area contributed by atoms with Crippen molar-refractivity contribution < 1.29 is 14.3 Å². The van der Waals surface area contributed by atoms with Crippen LogP contribution in [0.2, 0.25) is 0 Å². The highest BCUT2D eigenvalue weighted by molar-refractivity contribution is 6.29. The standard InChI is InChI=1S/C28H27ClN4O3/c1-19-9-12-23(15-24(19)33-25(34)16-29)36-27-26(28(2,30-3)32-18-31-27)21-10-13-22(14-11-21)35-17-20-7-5-4-6-8-20/h4-15,18H,3,16-17H2,1-2H3,(H,31,32)(H,33,34). The van der Waals surface area contributed by atoms with Crippen molar-refractivity contribution in [3.8, 4) is 11.5 Å². The molecule has 36 heavy (non-hydrogen) atoms. The minimum Gasteiger partial charge on any atom is -0.489 e. The van der Waals surface area contributed by atoms with Crippen molar-refractivity contribution in [1.29, 1.82) is 0 Å². The molecule has 0 bridgehead atoms. The third kappa shape index (κ3) is 5.75. The second kappa shape index (κ2) is 11.1. The van der Waals surface area contributed by atoms with Crippen LogP contribution in [0.1, 0.15) is 23.6 Å². The summed E-state index contributed by atoms with van der Waals surface area (Å²) in [5.74, 6) is 1.29. The maximum Gasteiger partial charge on any atom is 0.239 e. The Labute approximate surface area is 215 Å². The minimum absolute atomic E-state index is 0.133. The molecular formula is C28H27ClN4O3. The average molecular weight is 503 g/mol. The lowest BCUT2D eigenvalue weighted by atomic mass is 9.94. The van der Waals surface area contributed by atoms with E-state index in [1.54, 1.807) is 6.07 Å². The molecule has 8 heteroatoms. The number of rotatable bonds is 9. The van der Waals surface area contributed by atoms with Crippen molar-refractivity contribution in [2.75, 3.05) is 11.2 Å². The lowest BCUT2D eigenvalue weighted by molar-refractivity contribution is -0.113. The highest BCUT2D eigenvalue weighted by atomic mass is 35.5. The third-order valence-corrected chi connectivity index (χ3v) is 5.98. The maximum absolute atomic E-state index is 11.8. The fraction of sp³-hybridized carbons (Fsp3) is 0.179. The van der Waals surface area contributed by atoms with Gasteiger partial charge in [0.2, 0.25) is 11.8 Å². The van der Waals surface area contributed by atoms with Crippen LogP contribution >= 0.6 is 11.6 Å². The lowest BCUT2D eigenvalue weighted by Crippen LogP contribution is -2.34. The first kappa shape index (κ1) is 25.0. The number of hydrogen-bond acceptors (Lipinski definition) is 6. The van der Waals surface area contributed by atoms with Crippen molar-refractivity contribution >= 4 is 41.8 Å². The van der Waals surface area contributed by atoms with Gasteiger partial charge in [-0.15, -0.1) is 11.6 Å². The molecule has 1 aliphatic heterocycles. The zero-order chi connectivity index (χ0) is 25.5. The normalized spacial score (nSPS) is 16.8. The van der Waals surface area contributed by atoms with Gasteiger partial charge < -0.3 is 20.1 Å². The monoisotopic (exact) mass is 502 g/mol. The van der Waals surface area contributed by atoms with Gasteiger partial charge in [-0.1, -0.05) is 48.5 Å². The van der Waals surface area contributed by atoms with Gasteiger partial charge in [0.15, 0.2) is 5.66 Å². The fourth-order valence-corrected chi connectivity index (χ4v) is 3.80. The van der Waals surface area contributed by atoms with Crippen LogP contribution in [0.15, 0.2) is 88.7 Å². The number of carbonyl (C=O) groups is 1. The first-order valence-electron chi connectivity index (χ1n) is 11.4. The molecule has 3 aromatic rings. The van der Waals surface area contributed by atoms with Gasteiger partial charge in [-0.2, -0.15) is 0 Å². The van der Waals surface area contributed by atoms with E-state index in [4.69, 9.17) is 21.1 Å². The Balaban J connectivity index is 1.62. The number of amides is 1. The third-order valence-electron chi connectivity index (χ3n) is 5.74. The van der Waals surface area contributed by atoms with Gasteiger partial charge in [-0.05, 0) is 55.5 Å². The van der Waals surface area contributed by atoms with Crippen molar-refractivity contribution in [2.24, 2.45) is 9.98 Å². The Morgan fingerprint density at radius 3 is 2.53 bits per heavy atom. The molecule has 0 spiro atoms. The molecule has 1 amide bonds. The number of hydrogen-bond donors (Lipinski definition) is 2. The predicted octanol–water partition coefficient (Wildman–Crippen LogP) is 5.55. The molecule has 0 saturated heterocycles. The van der Waals surface area contributed by atoms with E-state index in [0.717, 1.165) is 22.4 Å². The molecule has 1 unspecified atom stereocenters. The van der Waals surface area contributed by atoms with Crippen LogP contribution < -0.4 is 20.1 Å². The number of halogens is 1. The second-order valence-electron chi connectivity index (χ2n) is 8.34. The number of nitrogens with one attached hydrogen (secondary N) is 2. The van der Waals surface area contributed by atoms with Gasteiger partial charge in [0.1, 0.15) is 24.0 Å². The summed E-state index contributed by atoms with van der Waals surface area (Å²) >= 11 is 5.65. The van der Waals surface area contributed by atoms with E-state index in [1.165, 1.54) is 6.34 Å². The van der Waals surface area contributed by atoms with E-state index in [1.807, 2.05) is 80.6 Å². The summed E-state index contributed by atoms with van der Waals surface area (Å²) in [5.41, 5.74) is 3.19. The Hall–Kier alpha value is -4.10. The second-order valence-corrected chi connectivity index (χ2v) is 8.61. The summed E-state index contributed by atoms with van der Waals surface area (Å²) in [5, 5.41) is 5.87. The van der Waals surface area contributed by atoms with Crippen LogP contribution in [0.3, 0.4) is 0 Å². The van der Waals surface area contributed by atoms with Crippen molar-refractivity contribution in [1.82, 2.24) is 5.32 Å². The molecule has 0 aliphatic carbocycles. The number of nitrogens with zero attached hydrogens (tertiary/aromatic N) is 2. The number of benzene rings is 3. The van der Waals surface area contributed by atoms with Crippen LogP contribution in [0.25, 0.3) is 5.57 Å². The fourth-order valence-electron chi connectivity index (χ4n) is 3.73. The van der Waals surface area contributed by atoms with E-state index in [0.29, 0.717) is 29.5 Å². The highest BCUT2D eigenvalue weighted by Gasteiger charge is 2.34. The molecule has 2 N–H and O–H groups in total. The first-order valence-corrected chi connectivity index (χ1v) is 11.9. The lowest BCUT2D eigenvalue weighted by Gasteiger charge is -2.30. The summed E-state index contributed by atoms with van der Waals surface area (Å²) in [7, 11) is 0. The molecule has 3 aromatic carbocycles. The van der Waals surface area contributed by atoms with Gasteiger partial charge in [0, 0.05) is 11.8 Å². The zero-order valence-corrected chi connectivity index (χ0v) is 20.9. The van der Waals surface area contributed by atoms with Crippen molar-refractivity contribution in [3.63, 3.8) is 0 Å². The summed E-state index contributed by atoms with van der Waals surface area (Å²) in [6.07, 6.45) is 1.54. The first-order chi connectivity index (χ1) is 17.4. The Kier molecular flexibility index (Phi) is 7.71. The van der Waals surface area contributed by atoms with E-state index in [-0.39, 0.29) is 11.8 Å². The molecule has 184 valence electrons. The molecule has 1 heterocycles. The predicted molar refractivity (Wildman–Crippen MR) is 145 cm³/mol. The molecular weight excluding hydrogens is 476 g/mol. The van der Waals surface area contributed by atoms with Crippen molar-refractivity contribution in [2.45, 2.75) is 26.1 Å². The Bertz CT molecular complexity index is 1310. The van der Waals surface area contributed by atoms with Gasteiger partial charge in [0.05, 0.1) is 11.9 Å². The molecule has 4 rings (SSSR count). The number of alkyl halides is 1. The summed E-state index contributed by atoms with van der Waals surface area (Å²) in [6.45, 7) is 7.98. The van der Waals surface area contributed by atoms with Gasteiger partial charge in [-0.3, -0.25) is 9.79 Å². The van der Waals surface area contributed by atoms with Crippen LogP contribution in [-0.2, 0) is 11.4 Å². The van der Waals surface area contributed by atoms with Gasteiger partial charge in [0.25, 0.3) is 0 Å². The van der Waals surface area contributed by atoms with Crippen LogP contribution in [0.4, 0.5) is 5.69 Å². The Morgan fingerprint density at radius 1 is 1.11 bits per heavy atom. The molecule has 0 radical (unpaired) electrons. The number of aryl methyl sites for hydroxylation is 1. The van der Waals surface area contributed by atoms with E-state index in [2.05, 4.69) is 27.3 Å². The van der Waals surface area contributed by atoms with Gasteiger partial charge >= 0.3 is 0 Å². The summed E-state index contributed by atoms with van der Waals surface area (Å²) in [4.78, 5) is 20.6. The zero-order valence-electron chi connectivity index (χ0n) is 20.1. The van der Waals surface area contributed by atoms with Crippen LogP contribution in [0.5, 0.6) is 11.5 Å². The number of anilines is 1. The molecule has 0 saturated carbocycles. The molecule has 0 fully saturated rings. The van der Waals surface area contributed by atoms with Crippen LogP contribution in [-0.4, -0.2) is 30.5 Å². The molecule has 0 aromatic heterocycles. The Morgan fingerprint density at radius 2 is 1.83 bits per heavy atom.